The van der Waals surface area contributed by atoms with Crippen LogP contribution in [0.3, 0.4) is 0 Å². The minimum Gasteiger partial charge on any atom is -0.465 e. The van der Waals surface area contributed by atoms with Crippen LogP contribution < -0.4 is 5.56 Å². The quantitative estimate of drug-likeness (QED) is 0.729. The van der Waals surface area contributed by atoms with Gasteiger partial charge in [-0.3, -0.25) is 9.59 Å². The molecule has 0 aliphatic carbocycles. The normalized spacial score (nSPS) is 10.8. The van der Waals surface area contributed by atoms with Crippen LogP contribution in [0, 0.1) is 0 Å². The number of rotatable bonds is 5. The topological polar surface area (TPSA) is 72.0 Å². The monoisotopic (exact) mass is 434 g/mol. The minimum atomic E-state index is -0.268. The number of fused-ring (bicyclic) bond motifs is 1. The molecule has 0 spiro atoms. The lowest BCUT2D eigenvalue weighted by atomic mass is 10.2. The standard InChI is InChI=1S/C13H12Br2N2O3S/c1-2-20-11(18)6-21-5-10-16-12-8(13(19)17-10)3-7(14)4-9(12)15/h3-4H,2,5-6H2,1H3,(H,16,17,19). The summed E-state index contributed by atoms with van der Waals surface area (Å²) in [6.45, 7) is 2.13. The van der Waals surface area contributed by atoms with E-state index in [-0.39, 0.29) is 17.3 Å². The van der Waals surface area contributed by atoms with Crippen LogP contribution in [0.2, 0.25) is 0 Å². The number of aromatic nitrogens is 2. The summed E-state index contributed by atoms with van der Waals surface area (Å²) in [6.07, 6.45) is 0. The van der Waals surface area contributed by atoms with E-state index in [0.29, 0.717) is 29.1 Å². The van der Waals surface area contributed by atoms with Gasteiger partial charge in [0.1, 0.15) is 5.82 Å². The Morgan fingerprint density at radius 3 is 2.90 bits per heavy atom. The molecule has 112 valence electrons. The second-order valence-electron chi connectivity index (χ2n) is 4.09. The highest BCUT2D eigenvalue weighted by Crippen LogP contribution is 2.25. The van der Waals surface area contributed by atoms with Gasteiger partial charge in [-0.2, -0.15) is 0 Å². The Morgan fingerprint density at radius 1 is 1.43 bits per heavy atom. The Kier molecular flexibility index (Phi) is 5.83. The van der Waals surface area contributed by atoms with Gasteiger partial charge in [0.25, 0.3) is 5.56 Å². The first kappa shape index (κ1) is 16.5. The van der Waals surface area contributed by atoms with Crippen molar-refractivity contribution >= 4 is 60.5 Å². The third-order valence-corrected chi connectivity index (χ3v) is 4.52. The zero-order valence-corrected chi connectivity index (χ0v) is 15.1. The van der Waals surface area contributed by atoms with Crippen LogP contribution in [0.5, 0.6) is 0 Å². The van der Waals surface area contributed by atoms with E-state index in [4.69, 9.17) is 4.74 Å². The molecule has 2 aromatic rings. The van der Waals surface area contributed by atoms with Crippen LogP contribution in [-0.4, -0.2) is 28.3 Å². The molecular formula is C13H12Br2N2O3S. The Morgan fingerprint density at radius 2 is 2.19 bits per heavy atom. The number of ether oxygens (including phenoxy) is 1. The number of hydrogen-bond donors (Lipinski definition) is 1. The van der Waals surface area contributed by atoms with Crippen molar-refractivity contribution in [2.24, 2.45) is 0 Å². The van der Waals surface area contributed by atoms with E-state index in [0.717, 1.165) is 8.95 Å². The molecule has 0 aliphatic rings. The van der Waals surface area contributed by atoms with Gasteiger partial charge in [0.15, 0.2) is 0 Å². The third kappa shape index (κ3) is 4.31. The Balaban J connectivity index is 2.19. The van der Waals surface area contributed by atoms with E-state index in [1.165, 1.54) is 11.8 Å². The predicted molar refractivity (Wildman–Crippen MR) is 90.6 cm³/mol. The number of thioether (sulfide) groups is 1. The summed E-state index contributed by atoms with van der Waals surface area (Å²) in [5.74, 6) is 0.935. The van der Waals surface area contributed by atoms with Crippen LogP contribution in [0.15, 0.2) is 25.9 Å². The van der Waals surface area contributed by atoms with Crippen molar-refractivity contribution in [1.29, 1.82) is 0 Å². The zero-order valence-electron chi connectivity index (χ0n) is 11.1. The molecule has 21 heavy (non-hydrogen) atoms. The second kappa shape index (κ2) is 7.42. The first-order valence-corrected chi connectivity index (χ1v) is 8.86. The molecule has 0 unspecified atom stereocenters. The second-order valence-corrected chi connectivity index (χ2v) is 6.85. The lowest BCUT2D eigenvalue weighted by molar-refractivity contribution is -0.139. The van der Waals surface area contributed by atoms with Gasteiger partial charge in [-0.1, -0.05) is 15.9 Å². The van der Waals surface area contributed by atoms with Crippen molar-refractivity contribution in [3.05, 3.63) is 37.3 Å². The van der Waals surface area contributed by atoms with Crippen LogP contribution in [0.4, 0.5) is 0 Å². The molecule has 0 saturated carbocycles. The van der Waals surface area contributed by atoms with E-state index in [2.05, 4.69) is 41.8 Å². The largest absolute Gasteiger partial charge is 0.465 e. The van der Waals surface area contributed by atoms with E-state index < -0.39 is 0 Å². The molecule has 0 atom stereocenters. The van der Waals surface area contributed by atoms with Gasteiger partial charge in [-0.05, 0) is 35.0 Å². The molecule has 0 saturated heterocycles. The van der Waals surface area contributed by atoms with Crippen molar-refractivity contribution in [3.8, 4) is 0 Å². The molecule has 0 aliphatic heterocycles. The van der Waals surface area contributed by atoms with Gasteiger partial charge in [0.2, 0.25) is 0 Å². The Hall–Kier alpha value is -0.860. The molecule has 1 N–H and O–H groups in total. The number of esters is 1. The van der Waals surface area contributed by atoms with Crippen LogP contribution in [-0.2, 0) is 15.3 Å². The fraction of sp³-hybridized carbons (Fsp3) is 0.308. The number of halogens is 2. The molecule has 8 heteroatoms. The molecule has 5 nitrogen and oxygen atoms in total. The molecule has 1 aromatic carbocycles. The summed E-state index contributed by atoms with van der Waals surface area (Å²) in [6, 6.07) is 3.56. The maximum absolute atomic E-state index is 12.1. The molecule has 1 aromatic heterocycles. The summed E-state index contributed by atoms with van der Waals surface area (Å²) >= 11 is 8.09. The first-order chi connectivity index (χ1) is 10.0. The summed E-state index contributed by atoms with van der Waals surface area (Å²) in [4.78, 5) is 30.5. The fourth-order valence-corrected chi connectivity index (χ4v) is 3.71. The highest BCUT2D eigenvalue weighted by molar-refractivity contribution is 9.11. The lowest BCUT2D eigenvalue weighted by Crippen LogP contribution is -2.12. The number of H-pyrrole nitrogens is 1. The summed E-state index contributed by atoms with van der Waals surface area (Å²) < 4.78 is 6.39. The molecular weight excluding hydrogens is 424 g/mol. The Labute approximate surface area is 142 Å². The van der Waals surface area contributed by atoms with Crippen LogP contribution in [0.1, 0.15) is 12.7 Å². The predicted octanol–water partition coefficient (Wildman–Crippen LogP) is 3.24. The fourth-order valence-electron chi connectivity index (χ4n) is 1.72. The third-order valence-electron chi connectivity index (χ3n) is 2.54. The number of hydrogen-bond acceptors (Lipinski definition) is 5. The van der Waals surface area contributed by atoms with Crippen LogP contribution in [0.25, 0.3) is 10.9 Å². The number of benzene rings is 1. The SMILES string of the molecule is CCOC(=O)CSCc1nc2c(Br)cc(Br)cc2c(=O)[nH]1. The molecule has 1 heterocycles. The van der Waals surface area contributed by atoms with E-state index in [9.17, 15) is 9.59 Å². The number of carbonyl (C=O) groups is 1. The van der Waals surface area contributed by atoms with Gasteiger partial charge >= 0.3 is 5.97 Å². The summed E-state index contributed by atoms with van der Waals surface area (Å²) in [5, 5.41) is 0.510. The van der Waals surface area contributed by atoms with Crippen molar-refractivity contribution in [2.45, 2.75) is 12.7 Å². The van der Waals surface area contributed by atoms with E-state index in [1.807, 2.05) is 6.07 Å². The van der Waals surface area contributed by atoms with Crippen molar-refractivity contribution in [3.63, 3.8) is 0 Å². The van der Waals surface area contributed by atoms with Gasteiger partial charge < -0.3 is 9.72 Å². The maximum atomic E-state index is 12.1. The highest BCUT2D eigenvalue weighted by atomic mass is 79.9. The maximum Gasteiger partial charge on any atom is 0.315 e. The first-order valence-electron chi connectivity index (χ1n) is 6.12. The number of aromatic amines is 1. The zero-order chi connectivity index (χ0) is 15.4. The molecule has 0 radical (unpaired) electrons. The number of nitrogens with one attached hydrogen (secondary N) is 1. The van der Waals surface area contributed by atoms with Crippen molar-refractivity contribution in [2.75, 3.05) is 12.4 Å². The highest BCUT2D eigenvalue weighted by Gasteiger charge is 2.09. The lowest BCUT2D eigenvalue weighted by Gasteiger charge is -2.05. The van der Waals surface area contributed by atoms with Crippen molar-refractivity contribution < 1.29 is 9.53 Å². The van der Waals surface area contributed by atoms with Gasteiger partial charge in [-0.25, -0.2) is 4.98 Å². The Bertz CT molecular complexity index is 733. The molecule has 0 fully saturated rings. The van der Waals surface area contributed by atoms with E-state index >= 15 is 0 Å². The summed E-state index contributed by atoms with van der Waals surface area (Å²) in [5.41, 5.74) is 0.405. The smallest absolute Gasteiger partial charge is 0.315 e. The van der Waals surface area contributed by atoms with Gasteiger partial charge in [0, 0.05) is 8.95 Å². The number of nitrogens with zero attached hydrogens (tertiary/aromatic N) is 1. The van der Waals surface area contributed by atoms with Crippen molar-refractivity contribution in [1.82, 2.24) is 9.97 Å². The average Bonchev–Trinajstić information content (AvgIpc) is 2.40. The molecule has 0 amide bonds. The molecule has 0 bridgehead atoms. The minimum absolute atomic E-state index is 0.200. The van der Waals surface area contributed by atoms with Crippen LogP contribution >= 0.6 is 43.6 Å². The van der Waals surface area contributed by atoms with E-state index in [1.54, 1.807) is 13.0 Å². The average molecular weight is 436 g/mol. The molecule has 2 rings (SSSR count). The summed E-state index contributed by atoms with van der Waals surface area (Å²) in [7, 11) is 0. The van der Waals surface area contributed by atoms with Gasteiger partial charge in [-0.15, -0.1) is 11.8 Å². The number of carbonyl (C=O) groups excluding carboxylic acids is 1. The van der Waals surface area contributed by atoms with Gasteiger partial charge in [0.05, 0.1) is 29.0 Å².